The molecule has 3 nitrogen and oxygen atoms in total. The lowest BCUT2D eigenvalue weighted by Gasteiger charge is -2.13. The molecule has 0 atom stereocenters. The Morgan fingerprint density at radius 3 is 2.50 bits per heavy atom. The summed E-state index contributed by atoms with van der Waals surface area (Å²) >= 11 is 0. The fraction of sp³-hybridized carbons (Fsp3) is 0.310. The fourth-order valence-electron chi connectivity index (χ4n) is 4.89. The van der Waals surface area contributed by atoms with E-state index in [0.717, 1.165) is 39.7 Å². The summed E-state index contributed by atoms with van der Waals surface area (Å²) in [6, 6.07) is 17.8. The number of hydrogen-bond acceptors (Lipinski definition) is 3. The van der Waals surface area contributed by atoms with Gasteiger partial charge in [0.2, 0.25) is 5.71 Å². The molecule has 0 N–H and O–H groups in total. The SMILES string of the molecule is Cc1cc(-c2nc(C3CC3)cc3cc(CC(C)C)ccc23)c2oc3nc(C)ccc3c2c1. The van der Waals surface area contributed by atoms with Crippen molar-refractivity contribution in [2.45, 2.75) is 52.9 Å². The number of aromatic nitrogens is 2. The molecule has 1 aliphatic carbocycles. The zero-order chi connectivity index (χ0) is 22.0. The van der Waals surface area contributed by atoms with Crippen LogP contribution in [0.2, 0.25) is 0 Å². The molecule has 2 aromatic carbocycles. The van der Waals surface area contributed by atoms with Crippen molar-refractivity contribution >= 4 is 32.8 Å². The number of benzene rings is 2. The lowest BCUT2D eigenvalue weighted by Crippen LogP contribution is -1.97. The van der Waals surface area contributed by atoms with Crippen LogP contribution < -0.4 is 0 Å². The van der Waals surface area contributed by atoms with E-state index in [9.17, 15) is 0 Å². The number of furan rings is 1. The molecule has 3 heterocycles. The first-order valence-electron chi connectivity index (χ1n) is 11.7. The molecule has 5 aromatic rings. The normalized spacial score (nSPS) is 14.3. The summed E-state index contributed by atoms with van der Waals surface area (Å²) in [6.07, 6.45) is 3.57. The first-order valence-corrected chi connectivity index (χ1v) is 11.7. The minimum absolute atomic E-state index is 0.590. The van der Waals surface area contributed by atoms with E-state index in [0.29, 0.717) is 17.5 Å². The highest BCUT2D eigenvalue weighted by atomic mass is 16.3. The molecule has 3 aromatic heterocycles. The minimum atomic E-state index is 0.590. The molecule has 0 saturated heterocycles. The third-order valence-corrected chi connectivity index (χ3v) is 6.53. The monoisotopic (exact) mass is 420 g/mol. The van der Waals surface area contributed by atoms with Crippen LogP contribution in [-0.2, 0) is 6.42 Å². The van der Waals surface area contributed by atoms with Crippen LogP contribution in [0.3, 0.4) is 0 Å². The molecule has 0 radical (unpaired) electrons. The molecule has 1 saturated carbocycles. The van der Waals surface area contributed by atoms with Crippen LogP contribution in [0.15, 0.2) is 52.9 Å². The second kappa shape index (κ2) is 7.16. The summed E-state index contributed by atoms with van der Waals surface area (Å²) in [5.74, 6) is 1.23. The molecule has 6 rings (SSSR count). The van der Waals surface area contributed by atoms with Crippen molar-refractivity contribution in [3.63, 3.8) is 0 Å². The van der Waals surface area contributed by atoms with Crippen LogP contribution in [0.4, 0.5) is 0 Å². The number of hydrogen-bond donors (Lipinski definition) is 0. The van der Waals surface area contributed by atoms with Crippen LogP contribution in [0.25, 0.3) is 44.1 Å². The third-order valence-electron chi connectivity index (χ3n) is 6.53. The van der Waals surface area contributed by atoms with Crippen LogP contribution in [0.5, 0.6) is 0 Å². The van der Waals surface area contributed by atoms with Crippen molar-refractivity contribution in [1.29, 1.82) is 0 Å². The van der Waals surface area contributed by atoms with E-state index in [-0.39, 0.29) is 0 Å². The lowest BCUT2D eigenvalue weighted by molar-refractivity contribution is 0.648. The maximum Gasteiger partial charge on any atom is 0.227 e. The van der Waals surface area contributed by atoms with Gasteiger partial charge in [0.15, 0.2) is 0 Å². The standard InChI is InChI=1S/C29H28N2O/c1-16(2)11-19-6-10-22-21(14-19)15-26(20-7-8-20)31-27(22)25-13-17(3)12-24-23-9-5-18(4)30-29(23)32-28(24)25/h5-6,9-10,12-16,20H,7-8,11H2,1-4H3. The third kappa shape index (κ3) is 3.28. The Hall–Kier alpha value is -3.20. The van der Waals surface area contributed by atoms with Gasteiger partial charge in [0.25, 0.3) is 0 Å². The Bertz CT molecular complexity index is 1510. The maximum absolute atomic E-state index is 6.36. The Balaban J connectivity index is 1.65. The Morgan fingerprint density at radius 2 is 1.72 bits per heavy atom. The average Bonchev–Trinajstić information content (AvgIpc) is 3.53. The van der Waals surface area contributed by atoms with Gasteiger partial charge in [-0.3, -0.25) is 4.98 Å². The first kappa shape index (κ1) is 19.5. The van der Waals surface area contributed by atoms with Gasteiger partial charge in [0.1, 0.15) is 5.58 Å². The minimum Gasteiger partial charge on any atom is -0.437 e. The second-order valence-corrected chi connectivity index (χ2v) is 9.92. The Labute approximate surface area is 188 Å². The zero-order valence-corrected chi connectivity index (χ0v) is 19.2. The largest absolute Gasteiger partial charge is 0.437 e. The van der Waals surface area contributed by atoms with Crippen molar-refractivity contribution in [3.8, 4) is 11.3 Å². The topological polar surface area (TPSA) is 38.9 Å². The molecule has 3 heteroatoms. The first-order chi connectivity index (χ1) is 15.5. The van der Waals surface area contributed by atoms with E-state index in [1.807, 2.05) is 6.92 Å². The van der Waals surface area contributed by atoms with Gasteiger partial charge in [0.05, 0.1) is 5.69 Å². The molecule has 1 fully saturated rings. The molecule has 1 aliphatic rings. The van der Waals surface area contributed by atoms with Gasteiger partial charge in [-0.25, -0.2) is 4.98 Å². The molecule has 0 unspecified atom stereocenters. The van der Waals surface area contributed by atoms with E-state index in [1.54, 1.807) is 0 Å². The molecule has 0 amide bonds. The number of fused-ring (bicyclic) bond motifs is 4. The van der Waals surface area contributed by atoms with Gasteiger partial charge >= 0.3 is 0 Å². The molecule has 0 spiro atoms. The highest BCUT2D eigenvalue weighted by Crippen LogP contribution is 2.43. The number of pyridine rings is 2. The average molecular weight is 421 g/mol. The Morgan fingerprint density at radius 1 is 0.906 bits per heavy atom. The van der Waals surface area contributed by atoms with Gasteiger partial charge < -0.3 is 4.42 Å². The van der Waals surface area contributed by atoms with E-state index < -0.39 is 0 Å². The smallest absolute Gasteiger partial charge is 0.227 e. The van der Waals surface area contributed by atoms with Gasteiger partial charge in [-0.2, -0.15) is 0 Å². The summed E-state index contributed by atoms with van der Waals surface area (Å²) in [7, 11) is 0. The quantitative estimate of drug-likeness (QED) is 0.297. The summed E-state index contributed by atoms with van der Waals surface area (Å²) in [5, 5.41) is 4.66. The summed E-state index contributed by atoms with van der Waals surface area (Å²) in [5.41, 5.74) is 8.47. The van der Waals surface area contributed by atoms with Crippen LogP contribution in [0.1, 0.15) is 55.1 Å². The maximum atomic E-state index is 6.36. The van der Waals surface area contributed by atoms with E-state index >= 15 is 0 Å². The highest BCUT2D eigenvalue weighted by Gasteiger charge is 2.27. The molecule has 0 aliphatic heterocycles. The fourth-order valence-corrected chi connectivity index (χ4v) is 4.89. The summed E-state index contributed by atoms with van der Waals surface area (Å²) in [4.78, 5) is 9.87. The van der Waals surface area contributed by atoms with Crippen molar-refractivity contribution < 1.29 is 4.42 Å². The molecule has 0 bridgehead atoms. The van der Waals surface area contributed by atoms with Gasteiger partial charge in [0, 0.05) is 39.0 Å². The second-order valence-electron chi connectivity index (χ2n) is 9.92. The van der Waals surface area contributed by atoms with Crippen molar-refractivity contribution in [3.05, 3.63) is 71.0 Å². The van der Waals surface area contributed by atoms with Crippen molar-refractivity contribution in [2.75, 3.05) is 0 Å². The predicted molar refractivity (Wildman–Crippen MR) is 132 cm³/mol. The van der Waals surface area contributed by atoms with Gasteiger partial charge in [-0.15, -0.1) is 0 Å². The number of nitrogens with zero attached hydrogens (tertiary/aromatic N) is 2. The van der Waals surface area contributed by atoms with Crippen LogP contribution >= 0.6 is 0 Å². The Kier molecular flexibility index (Phi) is 4.36. The van der Waals surface area contributed by atoms with E-state index in [2.05, 4.69) is 74.3 Å². The molecular formula is C29H28N2O. The van der Waals surface area contributed by atoms with E-state index in [4.69, 9.17) is 9.40 Å². The number of aryl methyl sites for hydroxylation is 2. The summed E-state index contributed by atoms with van der Waals surface area (Å²) in [6.45, 7) is 8.70. The zero-order valence-electron chi connectivity index (χ0n) is 19.2. The van der Waals surface area contributed by atoms with Crippen LogP contribution in [0, 0.1) is 19.8 Å². The molecule has 160 valence electrons. The highest BCUT2D eigenvalue weighted by molar-refractivity contribution is 6.11. The predicted octanol–water partition coefficient (Wildman–Crippen LogP) is 7.89. The summed E-state index contributed by atoms with van der Waals surface area (Å²) < 4.78 is 6.36. The number of rotatable bonds is 4. The molecule has 32 heavy (non-hydrogen) atoms. The lowest BCUT2D eigenvalue weighted by atomic mass is 9.95. The van der Waals surface area contributed by atoms with Gasteiger partial charge in [-0.05, 0) is 85.9 Å². The van der Waals surface area contributed by atoms with Gasteiger partial charge in [-0.1, -0.05) is 32.0 Å². The van der Waals surface area contributed by atoms with Crippen LogP contribution in [-0.4, -0.2) is 9.97 Å². The van der Waals surface area contributed by atoms with Crippen molar-refractivity contribution in [2.24, 2.45) is 5.92 Å². The van der Waals surface area contributed by atoms with E-state index in [1.165, 1.54) is 40.4 Å². The van der Waals surface area contributed by atoms with Crippen molar-refractivity contribution in [1.82, 2.24) is 9.97 Å². The molecular weight excluding hydrogens is 392 g/mol.